The molecule has 0 saturated heterocycles. The van der Waals surface area contributed by atoms with Crippen molar-refractivity contribution in [1.29, 1.82) is 0 Å². The normalized spacial score (nSPS) is 11.3. The van der Waals surface area contributed by atoms with E-state index in [9.17, 15) is 0 Å². The van der Waals surface area contributed by atoms with Gasteiger partial charge in [-0.3, -0.25) is 0 Å². The van der Waals surface area contributed by atoms with Gasteiger partial charge in [-0.25, -0.2) is 0 Å². The molecule has 23 heavy (non-hydrogen) atoms. The first kappa shape index (κ1) is 15.6. The first-order valence-corrected chi connectivity index (χ1v) is 11.6. The molecule has 0 aliphatic carbocycles. The van der Waals surface area contributed by atoms with Crippen molar-refractivity contribution >= 4 is 24.6 Å². The Morgan fingerprint density at radius 2 is 1.04 bits per heavy atom. The van der Waals surface area contributed by atoms with Gasteiger partial charge in [-0.05, 0) is 35.4 Å². The lowest BCUT2D eigenvalue weighted by molar-refractivity contribution is 1.54. The fraction of sp³-hybridized carbons (Fsp3) is 0.143. The summed E-state index contributed by atoms with van der Waals surface area (Å²) in [4.78, 5) is 0. The maximum atomic E-state index is 3.48. The van der Waals surface area contributed by atoms with Gasteiger partial charge < -0.3 is 5.32 Å². The monoisotopic (exact) mass is 317 g/mol. The fourth-order valence-electron chi connectivity index (χ4n) is 2.60. The first-order chi connectivity index (χ1) is 11.0. The van der Waals surface area contributed by atoms with Crippen molar-refractivity contribution in [2.45, 2.75) is 19.6 Å². The van der Waals surface area contributed by atoms with Gasteiger partial charge in [-0.15, -0.1) is 0 Å². The summed E-state index contributed by atoms with van der Waals surface area (Å²) in [5.74, 6) is 0. The van der Waals surface area contributed by atoms with Crippen molar-refractivity contribution in [2.75, 3.05) is 5.32 Å². The zero-order chi connectivity index (χ0) is 16.3. The number of hydrogen-bond donors (Lipinski definition) is 1. The van der Waals surface area contributed by atoms with E-state index in [1.807, 2.05) is 6.07 Å². The molecule has 1 nitrogen and oxygen atoms in total. The van der Waals surface area contributed by atoms with Crippen LogP contribution in [0.15, 0.2) is 78.9 Å². The van der Waals surface area contributed by atoms with Crippen LogP contribution in [-0.4, -0.2) is 8.07 Å². The highest BCUT2D eigenvalue weighted by atomic mass is 28.3. The lowest BCUT2D eigenvalue weighted by atomic mass is 10.1. The molecule has 0 radical (unpaired) electrons. The van der Waals surface area contributed by atoms with Crippen LogP contribution < -0.4 is 10.5 Å². The molecule has 3 rings (SSSR count). The van der Waals surface area contributed by atoms with Gasteiger partial charge >= 0.3 is 0 Å². The van der Waals surface area contributed by atoms with E-state index < -0.39 is 8.07 Å². The molecule has 0 fully saturated rings. The van der Waals surface area contributed by atoms with Gasteiger partial charge in [0.05, 0.1) is 8.07 Å². The fourth-order valence-corrected chi connectivity index (χ4v) is 3.76. The Morgan fingerprint density at radius 3 is 1.57 bits per heavy atom. The second kappa shape index (κ2) is 6.43. The molecular weight excluding hydrogens is 294 g/mol. The van der Waals surface area contributed by atoms with Crippen LogP contribution in [0.25, 0.3) is 11.1 Å². The number of hydrogen-bond acceptors (Lipinski definition) is 1. The maximum Gasteiger partial charge on any atom is 0.0775 e. The van der Waals surface area contributed by atoms with Crippen LogP contribution in [0.1, 0.15) is 0 Å². The van der Waals surface area contributed by atoms with Crippen molar-refractivity contribution in [1.82, 2.24) is 0 Å². The summed E-state index contributed by atoms with van der Waals surface area (Å²) in [6, 6.07) is 27.9. The predicted octanol–water partition coefficient (Wildman–Crippen LogP) is 5.64. The Balaban J connectivity index is 1.74. The van der Waals surface area contributed by atoms with Crippen molar-refractivity contribution in [3.63, 3.8) is 0 Å². The van der Waals surface area contributed by atoms with Crippen molar-refractivity contribution in [3.8, 4) is 11.1 Å². The van der Waals surface area contributed by atoms with Gasteiger partial charge in [0.15, 0.2) is 0 Å². The first-order valence-electron chi connectivity index (χ1n) is 8.05. The SMILES string of the molecule is C[Si](C)(C)c1ccc(Nc2ccc(-c3ccccc3)cc2)cc1. The quantitative estimate of drug-likeness (QED) is 0.614. The summed E-state index contributed by atoms with van der Waals surface area (Å²) in [5, 5.41) is 4.97. The van der Waals surface area contributed by atoms with Crippen LogP contribution in [-0.2, 0) is 0 Å². The highest BCUT2D eigenvalue weighted by molar-refractivity contribution is 6.88. The lowest BCUT2D eigenvalue weighted by Gasteiger charge is -2.17. The number of nitrogens with one attached hydrogen (secondary N) is 1. The average Bonchev–Trinajstić information content (AvgIpc) is 2.56. The summed E-state index contributed by atoms with van der Waals surface area (Å²) in [6.45, 7) is 7.12. The second-order valence-corrected chi connectivity index (χ2v) is 12.0. The van der Waals surface area contributed by atoms with Crippen molar-refractivity contribution in [3.05, 3.63) is 78.9 Å². The molecule has 3 aromatic carbocycles. The van der Waals surface area contributed by atoms with E-state index in [4.69, 9.17) is 0 Å². The average molecular weight is 318 g/mol. The molecule has 0 aromatic heterocycles. The summed E-state index contributed by atoms with van der Waals surface area (Å²) >= 11 is 0. The summed E-state index contributed by atoms with van der Waals surface area (Å²) < 4.78 is 0. The van der Waals surface area contributed by atoms with E-state index in [0.29, 0.717) is 0 Å². The van der Waals surface area contributed by atoms with E-state index in [1.165, 1.54) is 16.3 Å². The van der Waals surface area contributed by atoms with E-state index in [-0.39, 0.29) is 0 Å². The van der Waals surface area contributed by atoms with Gasteiger partial charge in [0.1, 0.15) is 0 Å². The topological polar surface area (TPSA) is 12.0 Å². The van der Waals surface area contributed by atoms with Crippen LogP contribution in [0, 0.1) is 0 Å². The van der Waals surface area contributed by atoms with Gasteiger partial charge in [-0.1, -0.05) is 79.4 Å². The summed E-state index contributed by atoms with van der Waals surface area (Å²) in [6.07, 6.45) is 0. The standard InChI is InChI=1S/C21H23NSi/c1-23(2,3)21-15-13-20(14-16-21)22-19-11-9-18(10-12-19)17-7-5-4-6-8-17/h4-16,22H,1-3H3. The van der Waals surface area contributed by atoms with Crippen LogP contribution in [0.4, 0.5) is 11.4 Å². The van der Waals surface area contributed by atoms with Crippen LogP contribution in [0.5, 0.6) is 0 Å². The van der Waals surface area contributed by atoms with Gasteiger partial charge in [-0.2, -0.15) is 0 Å². The zero-order valence-corrected chi connectivity index (χ0v) is 15.0. The molecule has 0 atom stereocenters. The van der Waals surface area contributed by atoms with Crippen molar-refractivity contribution < 1.29 is 0 Å². The third-order valence-electron chi connectivity index (χ3n) is 4.03. The minimum atomic E-state index is -1.22. The lowest BCUT2D eigenvalue weighted by Crippen LogP contribution is -2.37. The van der Waals surface area contributed by atoms with Gasteiger partial charge in [0.25, 0.3) is 0 Å². The van der Waals surface area contributed by atoms with Crippen molar-refractivity contribution in [2.24, 2.45) is 0 Å². The molecular formula is C21H23NSi. The molecule has 116 valence electrons. The Morgan fingerprint density at radius 1 is 0.565 bits per heavy atom. The Labute approximate surface area is 140 Å². The summed E-state index contributed by atoms with van der Waals surface area (Å²) in [7, 11) is -1.22. The Hall–Kier alpha value is -2.32. The minimum absolute atomic E-state index is 1.12. The smallest absolute Gasteiger partial charge is 0.0775 e. The van der Waals surface area contributed by atoms with Crippen LogP contribution >= 0.6 is 0 Å². The molecule has 0 spiro atoms. The molecule has 3 aromatic rings. The van der Waals surface area contributed by atoms with E-state index in [0.717, 1.165) is 11.4 Å². The third-order valence-corrected chi connectivity index (χ3v) is 6.10. The van der Waals surface area contributed by atoms with Gasteiger partial charge in [0.2, 0.25) is 0 Å². The molecule has 0 amide bonds. The highest BCUT2D eigenvalue weighted by Crippen LogP contribution is 2.23. The van der Waals surface area contributed by atoms with Gasteiger partial charge in [0, 0.05) is 11.4 Å². The van der Waals surface area contributed by atoms with Crippen LogP contribution in [0.2, 0.25) is 19.6 Å². The summed E-state index contributed by atoms with van der Waals surface area (Å²) in [5.41, 5.74) is 4.74. The Kier molecular flexibility index (Phi) is 4.35. The van der Waals surface area contributed by atoms with E-state index in [2.05, 4.69) is 97.8 Å². The molecule has 0 aliphatic heterocycles. The third kappa shape index (κ3) is 3.91. The largest absolute Gasteiger partial charge is 0.356 e. The second-order valence-electron chi connectivity index (χ2n) is 6.90. The number of rotatable bonds is 4. The zero-order valence-electron chi connectivity index (χ0n) is 14.0. The molecule has 2 heteroatoms. The molecule has 0 saturated carbocycles. The molecule has 0 aliphatic rings. The number of benzene rings is 3. The Bertz CT molecular complexity index is 754. The van der Waals surface area contributed by atoms with Crippen LogP contribution in [0.3, 0.4) is 0 Å². The van der Waals surface area contributed by atoms with E-state index in [1.54, 1.807) is 0 Å². The minimum Gasteiger partial charge on any atom is -0.356 e. The number of anilines is 2. The highest BCUT2D eigenvalue weighted by Gasteiger charge is 2.15. The van der Waals surface area contributed by atoms with E-state index >= 15 is 0 Å². The molecule has 0 unspecified atom stereocenters. The molecule has 0 bridgehead atoms. The maximum absolute atomic E-state index is 3.48. The predicted molar refractivity (Wildman–Crippen MR) is 105 cm³/mol. The molecule has 1 N–H and O–H groups in total. The molecule has 0 heterocycles.